The van der Waals surface area contributed by atoms with Crippen molar-refractivity contribution in [1.82, 2.24) is 14.7 Å². The summed E-state index contributed by atoms with van der Waals surface area (Å²) in [7, 11) is 0. The zero-order valence-corrected chi connectivity index (χ0v) is 29.3. The van der Waals surface area contributed by atoms with Crippen molar-refractivity contribution in [3.63, 3.8) is 0 Å². The van der Waals surface area contributed by atoms with E-state index in [4.69, 9.17) is 9.84 Å². The molecule has 6 rings (SSSR count). The fourth-order valence-corrected chi connectivity index (χ4v) is 7.74. The van der Waals surface area contributed by atoms with Crippen LogP contribution in [-0.4, -0.2) is 56.4 Å². The van der Waals surface area contributed by atoms with Gasteiger partial charge in [0.25, 0.3) is 0 Å². The topological polar surface area (TPSA) is 76.5 Å². The number of rotatable bonds is 7. The molecule has 7 nitrogen and oxygen atoms in total. The summed E-state index contributed by atoms with van der Waals surface area (Å²) in [5.41, 5.74) is 3.53. The summed E-state index contributed by atoms with van der Waals surface area (Å²) in [5, 5.41) is 9.31. The lowest BCUT2D eigenvalue weighted by atomic mass is 9.77. The van der Waals surface area contributed by atoms with Gasteiger partial charge in [-0.15, -0.1) is 11.8 Å². The third-order valence-electron chi connectivity index (χ3n) is 8.47. The number of aromatic nitrogens is 2. The summed E-state index contributed by atoms with van der Waals surface area (Å²) in [5.74, 6) is -0.125. The molecule has 1 saturated heterocycles. The number of carbonyl (C=O) groups excluding carboxylic acids is 2. The van der Waals surface area contributed by atoms with Crippen LogP contribution in [0.3, 0.4) is 0 Å². The summed E-state index contributed by atoms with van der Waals surface area (Å²) in [6.07, 6.45) is 2.08. The molecular weight excluding hydrogens is 707 g/mol. The first-order valence-corrected chi connectivity index (χ1v) is 17.6. The second-order valence-electron chi connectivity index (χ2n) is 12.5. The van der Waals surface area contributed by atoms with E-state index in [2.05, 4.69) is 105 Å². The molecule has 236 valence electrons. The van der Waals surface area contributed by atoms with Gasteiger partial charge in [-0.2, -0.15) is 5.10 Å². The Morgan fingerprint density at radius 1 is 0.870 bits per heavy atom. The van der Waals surface area contributed by atoms with Crippen LogP contribution in [0.5, 0.6) is 0 Å². The van der Waals surface area contributed by atoms with Crippen molar-refractivity contribution in [2.45, 2.75) is 43.1 Å². The summed E-state index contributed by atoms with van der Waals surface area (Å²) in [4.78, 5) is 28.2. The molecule has 0 bridgehead atoms. The third kappa shape index (κ3) is 5.90. The molecule has 5 aromatic rings. The van der Waals surface area contributed by atoms with E-state index in [1.165, 1.54) is 11.8 Å². The molecule has 2 amide bonds. The molecule has 46 heavy (non-hydrogen) atoms. The minimum atomic E-state index is -0.772. The van der Waals surface area contributed by atoms with E-state index in [1.54, 1.807) is 4.90 Å². The van der Waals surface area contributed by atoms with Crippen LogP contribution in [0.25, 0.3) is 10.9 Å². The van der Waals surface area contributed by atoms with Gasteiger partial charge in [-0.05, 0) is 90.9 Å². The highest BCUT2D eigenvalue weighted by atomic mass is 127. The van der Waals surface area contributed by atoms with Crippen LogP contribution in [0.4, 0.5) is 10.5 Å². The molecule has 4 aromatic carbocycles. The van der Waals surface area contributed by atoms with Crippen molar-refractivity contribution < 1.29 is 14.3 Å². The number of nitrogens with one attached hydrogen (secondary N) is 1. The van der Waals surface area contributed by atoms with E-state index in [0.29, 0.717) is 25.2 Å². The predicted octanol–water partition coefficient (Wildman–Crippen LogP) is 8.16. The lowest BCUT2D eigenvalue weighted by Gasteiger charge is -2.37. The second kappa shape index (κ2) is 12.8. The smallest absolute Gasteiger partial charge is 0.410 e. The van der Waals surface area contributed by atoms with E-state index < -0.39 is 22.0 Å². The molecule has 1 fully saturated rings. The Hall–Kier alpha value is -3.83. The van der Waals surface area contributed by atoms with Crippen molar-refractivity contribution >= 4 is 62.9 Å². The molecule has 1 aliphatic rings. The number of halogens is 1. The quantitative estimate of drug-likeness (QED) is 0.135. The van der Waals surface area contributed by atoms with Crippen molar-refractivity contribution in [2.75, 3.05) is 24.7 Å². The van der Waals surface area contributed by atoms with Crippen molar-refractivity contribution in [1.29, 1.82) is 0 Å². The number of fused-ring (bicyclic) bond motifs is 1. The molecule has 9 heteroatoms. The van der Waals surface area contributed by atoms with E-state index in [9.17, 15) is 9.59 Å². The number of amides is 2. The van der Waals surface area contributed by atoms with Crippen LogP contribution in [0, 0.1) is 3.70 Å². The van der Waals surface area contributed by atoms with Crippen molar-refractivity contribution in [3.05, 3.63) is 130 Å². The molecule has 1 aliphatic heterocycles. The van der Waals surface area contributed by atoms with Gasteiger partial charge in [-0.3, -0.25) is 4.79 Å². The summed E-state index contributed by atoms with van der Waals surface area (Å²) < 4.78 is 7.75. The third-order valence-corrected chi connectivity index (χ3v) is 10.6. The number of likely N-dealkylation sites (tertiary alicyclic amines) is 1. The lowest BCUT2D eigenvalue weighted by Crippen LogP contribution is -2.44. The molecule has 1 aromatic heterocycles. The maximum absolute atomic E-state index is 13.8. The van der Waals surface area contributed by atoms with Gasteiger partial charge in [0, 0.05) is 24.2 Å². The number of nitrogens with zero attached hydrogens (tertiary/aromatic N) is 3. The van der Waals surface area contributed by atoms with E-state index in [-0.39, 0.29) is 5.91 Å². The van der Waals surface area contributed by atoms with Gasteiger partial charge < -0.3 is 15.0 Å². The fourth-order valence-electron chi connectivity index (χ4n) is 6.27. The Labute approximate surface area is 287 Å². The highest BCUT2D eigenvalue weighted by Crippen LogP contribution is 2.43. The monoisotopic (exact) mass is 744 g/mol. The van der Waals surface area contributed by atoms with Crippen molar-refractivity contribution in [3.8, 4) is 0 Å². The number of benzene rings is 4. The van der Waals surface area contributed by atoms with Crippen LogP contribution in [0.1, 0.15) is 43.9 Å². The zero-order valence-electron chi connectivity index (χ0n) is 26.4. The first-order valence-electron chi connectivity index (χ1n) is 15.3. The SMILES string of the molecule is CS[C@@]1(C(=O)Nc2ccc3c(c2)c(I)nn3C(c2ccccc2)(c2ccccc2)c2ccccc2)CCN(C(=O)OC(C)(C)C)C1. The highest BCUT2D eigenvalue weighted by Gasteiger charge is 2.47. The molecule has 1 N–H and O–H groups in total. The molecular formula is C37H37IN4O3S. The summed E-state index contributed by atoms with van der Waals surface area (Å²) >= 11 is 3.76. The molecule has 0 aliphatic carbocycles. The summed E-state index contributed by atoms with van der Waals surface area (Å²) in [6.45, 7) is 6.30. The van der Waals surface area contributed by atoms with Crippen LogP contribution in [0.15, 0.2) is 109 Å². The molecule has 0 saturated carbocycles. The zero-order chi connectivity index (χ0) is 32.5. The predicted molar refractivity (Wildman–Crippen MR) is 194 cm³/mol. The Morgan fingerprint density at radius 3 is 1.91 bits per heavy atom. The Kier molecular flexibility index (Phi) is 8.91. The maximum Gasteiger partial charge on any atom is 0.410 e. The highest BCUT2D eigenvalue weighted by molar-refractivity contribution is 14.1. The first kappa shape index (κ1) is 32.1. The van der Waals surface area contributed by atoms with E-state index >= 15 is 0 Å². The minimum absolute atomic E-state index is 0.125. The normalized spacial score (nSPS) is 16.8. The molecule has 1 atom stereocenters. The van der Waals surface area contributed by atoms with Gasteiger partial charge in [-0.1, -0.05) is 91.0 Å². The average Bonchev–Trinajstić information content (AvgIpc) is 3.65. The number of anilines is 1. The number of hydrogen-bond acceptors (Lipinski definition) is 5. The Bertz CT molecular complexity index is 1760. The number of ether oxygens (including phenoxy) is 1. The van der Waals surface area contributed by atoms with Crippen LogP contribution in [0.2, 0.25) is 0 Å². The maximum atomic E-state index is 13.8. The van der Waals surface area contributed by atoms with E-state index in [1.807, 2.05) is 63.4 Å². The number of carbonyl (C=O) groups is 2. The molecule has 0 unspecified atom stereocenters. The number of thioether (sulfide) groups is 1. The van der Waals surface area contributed by atoms with Gasteiger partial charge in [0.1, 0.15) is 19.6 Å². The average molecular weight is 745 g/mol. The van der Waals surface area contributed by atoms with Gasteiger partial charge in [-0.25, -0.2) is 9.48 Å². The van der Waals surface area contributed by atoms with Gasteiger partial charge in [0.15, 0.2) is 0 Å². The molecule has 0 radical (unpaired) electrons. The van der Waals surface area contributed by atoms with Gasteiger partial charge in [0.05, 0.1) is 5.52 Å². The molecule has 0 spiro atoms. The Morgan fingerprint density at radius 2 is 1.41 bits per heavy atom. The van der Waals surface area contributed by atoms with E-state index in [0.717, 1.165) is 31.3 Å². The fraction of sp³-hybridized carbons (Fsp3) is 0.270. The second-order valence-corrected chi connectivity index (χ2v) is 14.8. The van der Waals surface area contributed by atoms with Crippen LogP contribution in [-0.2, 0) is 15.1 Å². The minimum Gasteiger partial charge on any atom is -0.444 e. The van der Waals surface area contributed by atoms with Gasteiger partial charge >= 0.3 is 6.09 Å². The molecule has 2 heterocycles. The lowest BCUT2D eigenvalue weighted by molar-refractivity contribution is -0.118. The van der Waals surface area contributed by atoms with Gasteiger partial charge in [0.2, 0.25) is 5.91 Å². The standard InChI is InChI=1S/C37H37IN4O3S/c1-35(2,3)45-34(44)41-23-22-36(25-41,46-4)33(43)39-29-20-21-31-30(24-29)32(38)40-42(31)37(26-14-8-5-9-15-26,27-16-10-6-11-17-27)28-18-12-7-13-19-28/h5-21,24H,22-23,25H2,1-4H3,(H,39,43)/t36-/m0/s1. The first-order chi connectivity index (χ1) is 22.1. The number of hydrogen-bond donors (Lipinski definition) is 1. The summed E-state index contributed by atoms with van der Waals surface area (Å²) in [6, 6.07) is 37.4. The largest absolute Gasteiger partial charge is 0.444 e. The Balaban J connectivity index is 1.40. The van der Waals surface area contributed by atoms with Crippen LogP contribution < -0.4 is 5.32 Å². The van der Waals surface area contributed by atoms with Crippen LogP contribution >= 0.6 is 34.4 Å². The van der Waals surface area contributed by atoms with Crippen molar-refractivity contribution in [2.24, 2.45) is 0 Å².